The molecule has 140 valence electrons. The number of aromatic amines is 1. The van der Waals surface area contributed by atoms with E-state index in [9.17, 15) is 9.90 Å². The fourth-order valence-corrected chi connectivity index (χ4v) is 3.37. The quantitative estimate of drug-likeness (QED) is 0.643. The maximum absolute atomic E-state index is 12.6. The number of aliphatic hydroxyl groups excluding tert-OH is 1. The molecule has 4 rings (SSSR count). The van der Waals surface area contributed by atoms with Crippen molar-refractivity contribution in [1.82, 2.24) is 20.3 Å². The summed E-state index contributed by atoms with van der Waals surface area (Å²) in [5, 5.41) is 14.3. The van der Waals surface area contributed by atoms with Crippen LogP contribution in [0.3, 0.4) is 0 Å². The van der Waals surface area contributed by atoms with Crippen molar-refractivity contribution in [2.75, 3.05) is 25.1 Å². The second kappa shape index (κ2) is 7.24. The lowest BCUT2D eigenvalue weighted by molar-refractivity contribution is 0.0794. The number of anilines is 1. The maximum Gasteiger partial charge on any atom is 0.268 e. The Hall–Kier alpha value is -3.13. The van der Waals surface area contributed by atoms with Gasteiger partial charge < -0.3 is 25.0 Å². The summed E-state index contributed by atoms with van der Waals surface area (Å²) in [6, 6.07) is 7.06. The van der Waals surface area contributed by atoms with E-state index in [1.807, 2.05) is 23.1 Å². The third kappa shape index (κ3) is 3.56. The van der Waals surface area contributed by atoms with Crippen LogP contribution in [0.2, 0.25) is 0 Å². The average molecular weight is 367 g/mol. The number of carbonyl (C=O) groups excluding carboxylic acids is 1. The van der Waals surface area contributed by atoms with Crippen LogP contribution in [0.1, 0.15) is 16.9 Å². The molecule has 0 aliphatic carbocycles. The van der Waals surface area contributed by atoms with Gasteiger partial charge in [-0.3, -0.25) is 9.78 Å². The highest BCUT2D eigenvalue weighted by Gasteiger charge is 2.30. The van der Waals surface area contributed by atoms with Crippen LogP contribution >= 0.6 is 0 Å². The summed E-state index contributed by atoms with van der Waals surface area (Å²) in [5.41, 5.74) is 1.32. The lowest BCUT2D eigenvalue weighted by Crippen LogP contribution is -2.54. The molecular weight excluding hydrogens is 346 g/mol. The zero-order valence-electron chi connectivity index (χ0n) is 14.9. The van der Waals surface area contributed by atoms with E-state index in [0.717, 1.165) is 22.5 Å². The summed E-state index contributed by atoms with van der Waals surface area (Å²) in [4.78, 5) is 26.0. The van der Waals surface area contributed by atoms with Gasteiger partial charge in [-0.2, -0.15) is 0 Å². The van der Waals surface area contributed by atoms with Crippen LogP contribution in [0.4, 0.5) is 5.82 Å². The van der Waals surface area contributed by atoms with Gasteiger partial charge >= 0.3 is 0 Å². The van der Waals surface area contributed by atoms with Crippen LogP contribution in [0, 0.1) is 0 Å². The number of amides is 1. The predicted octanol–water partition coefficient (Wildman–Crippen LogP) is 1.34. The van der Waals surface area contributed by atoms with E-state index in [-0.39, 0.29) is 11.9 Å². The fourth-order valence-electron chi connectivity index (χ4n) is 3.37. The van der Waals surface area contributed by atoms with Gasteiger partial charge in [0.2, 0.25) is 0 Å². The first kappa shape index (κ1) is 17.3. The van der Waals surface area contributed by atoms with Crippen molar-refractivity contribution < 1.29 is 14.6 Å². The summed E-state index contributed by atoms with van der Waals surface area (Å²) in [6.07, 6.45) is 4.85. The Bertz CT molecular complexity index is 943. The van der Waals surface area contributed by atoms with E-state index in [2.05, 4.69) is 20.3 Å². The molecule has 0 radical (unpaired) electrons. The molecule has 1 aliphatic heterocycles. The molecule has 1 fully saturated rings. The molecule has 0 bridgehead atoms. The molecule has 8 heteroatoms. The van der Waals surface area contributed by atoms with Crippen LogP contribution in [-0.4, -0.2) is 58.3 Å². The Kier molecular flexibility index (Phi) is 4.64. The Labute approximate surface area is 156 Å². The van der Waals surface area contributed by atoms with E-state index in [4.69, 9.17) is 4.74 Å². The lowest BCUT2D eigenvalue weighted by atomic mass is 10.0. The van der Waals surface area contributed by atoms with Crippen molar-refractivity contribution in [1.29, 1.82) is 0 Å². The summed E-state index contributed by atoms with van der Waals surface area (Å²) in [6.45, 7) is 1.08. The van der Waals surface area contributed by atoms with E-state index in [0.29, 0.717) is 25.2 Å². The SMILES string of the molecule is COc1ccc2[nH]c(C(=O)N[C@@H]3CCN(c4cnccn4)C[C@H]3O)cc2c1. The third-order valence-corrected chi connectivity index (χ3v) is 4.84. The van der Waals surface area contributed by atoms with E-state index < -0.39 is 6.10 Å². The highest BCUT2D eigenvalue weighted by molar-refractivity contribution is 5.98. The normalized spacial score (nSPS) is 19.9. The maximum atomic E-state index is 12.6. The monoisotopic (exact) mass is 367 g/mol. The number of β-amino-alcohol motifs (C(OH)–C–C–N with tert-alkyl or cyclic N) is 1. The smallest absolute Gasteiger partial charge is 0.268 e. The minimum absolute atomic E-state index is 0.234. The van der Waals surface area contributed by atoms with Crippen molar-refractivity contribution in [2.24, 2.45) is 0 Å². The molecule has 3 aromatic rings. The number of hydrogen-bond donors (Lipinski definition) is 3. The Morgan fingerprint density at radius 1 is 1.37 bits per heavy atom. The van der Waals surface area contributed by atoms with Gasteiger partial charge in [-0.1, -0.05) is 0 Å². The highest BCUT2D eigenvalue weighted by Crippen LogP contribution is 2.22. The second-order valence-electron chi connectivity index (χ2n) is 6.58. The van der Waals surface area contributed by atoms with Crippen molar-refractivity contribution in [3.05, 3.63) is 48.5 Å². The number of carbonyl (C=O) groups is 1. The number of H-pyrrole nitrogens is 1. The topological polar surface area (TPSA) is 103 Å². The first-order chi connectivity index (χ1) is 13.1. The summed E-state index contributed by atoms with van der Waals surface area (Å²) < 4.78 is 5.21. The number of benzene rings is 1. The molecule has 0 unspecified atom stereocenters. The Balaban J connectivity index is 1.42. The number of fused-ring (bicyclic) bond motifs is 1. The van der Waals surface area contributed by atoms with Crippen molar-refractivity contribution >= 4 is 22.6 Å². The standard InChI is InChI=1S/C19H21N5O3/c1-27-13-2-3-14-12(8-13)9-16(22-14)19(26)23-15-4-7-24(11-17(15)25)18-10-20-5-6-21-18/h2-3,5-6,8-10,15,17,22,25H,4,7,11H2,1H3,(H,23,26)/t15-,17-/m1/s1. The highest BCUT2D eigenvalue weighted by atomic mass is 16.5. The minimum atomic E-state index is -0.686. The van der Waals surface area contributed by atoms with Gasteiger partial charge in [0.1, 0.15) is 17.3 Å². The van der Waals surface area contributed by atoms with Gasteiger partial charge in [-0.15, -0.1) is 0 Å². The van der Waals surface area contributed by atoms with E-state index in [1.54, 1.807) is 31.8 Å². The van der Waals surface area contributed by atoms with Gasteiger partial charge in [0.25, 0.3) is 5.91 Å². The molecule has 1 aromatic carbocycles. The molecular formula is C19H21N5O3. The molecule has 0 saturated carbocycles. The molecule has 1 saturated heterocycles. The van der Waals surface area contributed by atoms with Crippen molar-refractivity contribution in [3.63, 3.8) is 0 Å². The Morgan fingerprint density at radius 2 is 2.26 bits per heavy atom. The summed E-state index contributed by atoms with van der Waals surface area (Å²) >= 11 is 0. The second-order valence-corrected chi connectivity index (χ2v) is 6.58. The molecule has 27 heavy (non-hydrogen) atoms. The number of nitrogens with one attached hydrogen (secondary N) is 2. The number of rotatable bonds is 4. The largest absolute Gasteiger partial charge is 0.497 e. The van der Waals surface area contributed by atoms with Crippen molar-refractivity contribution in [3.8, 4) is 5.75 Å². The molecule has 1 aliphatic rings. The molecule has 3 heterocycles. The number of nitrogens with zero attached hydrogens (tertiary/aromatic N) is 3. The van der Waals surface area contributed by atoms with Gasteiger partial charge in [-0.05, 0) is 30.7 Å². The third-order valence-electron chi connectivity index (χ3n) is 4.84. The van der Waals surface area contributed by atoms with Crippen LogP contribution < -0.4 is 15.0 Å². The van der Waals surface area contributed by atoms with Crippen molar-refractivity contribution in [2.45, 2.75) is 18.6 Å². The van der Waals surface area contributed by atoms with Gasteiger partial charge in [0.15, 0.2) is 0 Å². The molecule has 2 aromatic heterocycles. The fraction of sp³-hybridized carbons (Fsp3) is 0.316. The van der Waals surface area contributed by atoms with Crippen LogP contribution in [0.15, 0.2) is 42.9 Å². The Morgan fingerprint density at radius 3 is 3.00 bits per heavy atom. The number of hydrogen-bond acceptors (Lipinski definition) is 6. The number of ether oxygens (including phenoxy) is 1. The number of methoxy groups -OCH3 is 1. The van der Waals surface area contributed by atoms with Crippen LogP contribution in [0.5, 0.6) is 5.75 Å². The summed E-state index contributed by atoms with van der Waals surface area (Å²) in [5.74, 6) is 1.23. The average Bonchev–Trinajstić information content (AvgIpc) is 3.13. The lowest BCUT2D eigenvalue weighted by Gasteiger charge is -2.36. The van der Waals surface area contributed by atoms with E-state index in [1.165, 1.54) is 0 Å². The molecule has 2 atom stereocenters. The van der Waals surface area contributed by atoms with Gasteiger partial charge in [-0.25, -0.2) is 4.98 Å². The van der Waals surface area contributed by atoms with Crippen LogP contribution in [0.25, 0.3) is 10.9 Å². The first-order valence-corrected chi connectivity index (χ1v) is 8.80. The van der Waals surface area contributed by atoms with E-state index >= 15 is 0 Å². The molecule has 8 nitrogen and oxygen atoms in total. The molecule has 0 spiro atoms. The van der Waals surface area contributed by atoms with Gasteiger partial charge in [0.05, 0.1) is 25.5 Å². The zero-order valence-corrected chi connectivity index (χ0v) is 14.9. The van der Waals surface area contributed by atoms with Gasteiger partial charge in [0, 0.05) is 36.4 Å². The molecule has 1 amide bonds. The minimum Gasteiger partial charge on any atom is -0.497 e. The first-order valence-electron chi connectivity index (χ1n) is 8.80. The predicted molar refractivity (Wildman–Crippen MR) is 101 cm³/mol. The number of aromatic nitrogens is 3. The number of aliphatic hydroxyl groups is 1. The van der Waals surface area contributed by atoms with Crippen LogP contribution in [-0.2, 0) is 0 Å². The number of piperidine rings is 1. The molecule has 3 N–H and O–H groups in total. The zero-order chi connectivity index (χ0) is 18.8. The summed E-state index contributed by atoms with van der Waals surface area (Å²) in [7, 11) is 1.61.